The van der Waals surface area contributed by atoms with Crippen molar-refractivity contribution in [2.24, 2.45) is 5.10 Å². The van der Waals surface area contributed by atoms with E-state index in [0.29, 0.717) is 22.9 Å². The zero-order chi connectivity index (χ0) is 18.7. The summed E-state index contributed by atoms with van der Waals surface area (Å²) in [6.07, 6.45) is 3.38. The number of hydrogen-bond donors (Lipinski definition) is 1. The molecule has 0 bridgehead atoms. The fourth-order valence-corrected chi connectivity index (χ4v) is 2.69. The lowest BCUT2D eigenvalue weighted by molar-refractivity contribution is 0.0948. The third-order valence-electron chi connectivity index (χ3n) is 3.96. The van der Waals surface area contributed by atoms with Gasteiger partial charge in [0.15, 0.2) is 11.5 Å². The summed E-state index contributed by atoms with van der Waals surface area (Å²) < 4.78 is 12.2. The maximum Gasteiger partial charge on any atom is 0.290 e. The van der Waals surface area contributed by atoms with Crippen molar-refractivity contribution >= 4 is 17.8 Å². The summed E-state index contributed by atoms with van der Waals surface area (Å²) >= 11 is 0. The summed E-state index contributed by atoms with van der Waals surface area (Å²) in [6, 6.07) is 9.23. The number of aromatic nitrogens is 2. The second kappa shape index (κ2) is 7.26. The van der Waals surface area contributed by atoms with E-state index >= 15 is 0 Å². The van der Waals surface area contributed by atoms with Crippen LogP contribution in [-0.4, -0.2) is 35.7 Å². The normalized spacial score (nSPS) is 11.1. The molecule has 2 aromatic heterocycles. The van der Waals surface area contributed by atoms with Crippen LogP contribution in [0.1, 0.15) is 27.3 Å². The van der Waals surface area contributed by atoms with E-state index in [4.69, 9.17) is 9.47 Å². The minimum atomic E-state index is -0.324. The maximum absolute atomic E-state index is 12.5. The van der Waals surface area contributed by atoms with Gasteiger partial charge in [-0.15, -0.1) is 0 Å². The van der Waals surface area contributed by atoms with Crippen molar-refractivity contribution in [3.05, 3.63) is 59.0 Å². The van der Waals surface area contributed by atoms with Crippen molar-refractivity contribution in [3.8, 4) is 11.5 Å². The van der Waals surface area contributed by atoms with Crippen LogP contribution < -0.4 is 14.9 Å². The van der Waals surface area contributed by atoms with E-state index in [2.05, 4.69) is 15.5 Å². The second-order valence-corrected chi connectivity index (χ2v) is 5.79. The number of fused-ring (bicyclic) bond motifs is 1. The van der Waals surface area contributed by atoms with Crippen LogP contribution in [0.15, 0.2) is 41.6 Å². The molecule has 7 heteroatoms. The van der Waals surface area contributed by atoms with Crippen molar-refractivity contribution < 1.29 is 14.3 Å². The zero-order valence-electron chi connectivity index (χ0n) is 15.1. The molecule has 134 valence electrons. The minimum Gasteiger partial charge on any atom is -0.493 e. The van der Waals surface area contributed by atoms with Gasteiger partial charge in [-0.25, -0.2) is 10.4 Å². The first-order valence-electron chi connectivity index (χ1n) is 8.04. The van der Waals surface area contributed by atoms with Gasteiger partial charge in [0.2, 0.25) is 0 Å². The average Bonchev–Trinajstić information content (AvgIpc) is 2.96. The number of pyridine rings is 1. The number of rotatable bonds is 5. The van der Waals surface area contributed by atoms with E-state index < -0.39 is 0 Å². The highest BCUT2D eigenvalue weighted by molar-refractivity contribution is 5.95. The van der Waals surface area contributed by atoms with Crippen LogP contribution in [0.4, 0.5) is 0 Å². The Hall–Kier alpha value is -3.35. The Labute approximate surface area is 151 Å². The average molecular weight is 352 g/mol. The molecule has 0 fully saturated rings. The zero-order valence-corrected chi connectivity index (χ0v) is 15.1. The minimum absolute atomic E-state index is 0.324. The van der Waals surface area contributed by atoms with Gasteiger partial charge in [0, 0.05) is 6.20 Å². The number of imidazole rings is 1. The first-order valence-corrected chi connectivity index (χ1v) is 8.04. The molecule has 0 saturated carbocycles. The molecule has 3 aromatic rings. The van der Waals surface area contributed by atoms with Crippen LogP contribution in [0.25, 0.3) is 5.65 Å². The fraction of sp³-hybridized carbons (Fsp3) is 0.211. The predicted octanol–water partition coefficient (Wildman–Crippen LogP) is 2.73. The molecule has 0 aliphatic heterocycles. The van der Waals surface area contributed by atoms with Gasteiger partial charge < -0.3 is 9.47 Å². The van der Waals surface area contributed by atoms with E-state index in [-0.39, 0.29) is 5.91 Å². The van der Waals surface area contributed by atoms with Crippen LogP contribution in [0, 0.1) is 13.8 Å². The highest BCUT2D eigenvalue weighted by Gasteiger charge is 2.16. The summed E-state index contributed by atoms with van der Waals surface area (Å²) in [7, 11) is 3.14. The molecular weight excluding hydrogens is 332 g/mol. The van der Waals surface area contributed by atoms with Crippen molar-refractivity contribution in [3.63, 3.8) is 0 Å². The highest BCUT2D eigenvalue weighted by atomic mass is 16.5. The summed E-state index contributed by atoms with van der Waals surface area (Å²) in [4.78, 5) is 16.9. The largest absolute Gasteiger partial charge is 0.493 e. The predicted molar refractivity (Wildman–Crippen MR) is 99.3 cm³/mol. The van der Waals surface area contributed by atoms with Crippen molar-refractivity contribution in [2.75, 3.05) is 14.2 Å². The van der Waals surface area contributed by atoms with Gasteiger partial charge in [0.25, 0.3) is 5.91 Å². The molecule has 0 aliphatic rings. The number of methoxy groups -OCH3 is 2. The van der Waals surface area contributed by atoms with Crippen LogP contribution in [-0.2, 0) is 0 Å². The Morgan fingerprint density at radius 1 is 1.15 bits per heavy atom. The summed E-state index contributed by atoms with van der Waals surface area (Å²) in [6.45, 7) is 3.78. The Kier molecular flexibility index (Phi) is 4.88. The number of hydrogen-bond acceptors (Lipinski definition) is 5. The molecule has 2 heterocycles. The van der Waals surface area contributed by atoms with Gasteiger partial charge in [-0.2, -0.15) is 5.10 Å². The van der Waals surface area contributed by atoms with Gasteiger partial charge >= 0.3 is 0 Å². The second-order valence-electron chi connectivity index (χ2n) is 5.79. The van der Waals surface area contributed by atoms with E-state index in [9.17, 15) is 4.79 Å². The van der Waals surface area contributed by atoms with Crippen LogP contribution >= 0.6 is 0 Å². The number of benzene rings is 1. The van der Waals surface area contributed by atoms with Crippen molar-refractivity contribution in [1.82, 2.24) is 14.8 Å². The van der Waals surface area contributed by atoms with Gasteiger partial charge in [0.05, 0.1) is 26.1 Å². The number of ether oxygens (including phenoxy) is 2. The first kappa shape index (κ1) is 17.5. The third-order valence-corrected chi connectivity index (χ3v) is 3.96. The lowest BCUT2D eigenvalue weighted by Crippen LogP contribution is -2.20. The summed E-state index contributed by atoms with van der Waals surface area (Å²) in [5.74, 6) is 0.900. The molecular formula is C19H20N4O3. The number of aryl methyl sites for hydroxylation is 2. The molecule has 0 unspecified atom stereocenters. The van der Waals surface area contributed by atoms with E-state index in [1.807, 2.05) is 31.3 Å². The molecule has 7 nitrogen and oxygen atoms in total. The van der Waals surface area contributed by atoms with Crippen LogP contribution in [0.2, 0.25) is 0 Å². The number of amides is 1. The van der Waals surface area contributed by atoms with Gasteiger partial charge in [-0.1, -0.05) is 0 Å². The quantitative estimate of drug-likeness (QED) is 0.566. The Morgan fingerprint density at radius 3 is 2.65 bits per heavy atom. The summed E-state index contributed by atoms with van der Waals surface area (Å²) in [5.41, 5.74) is 6.24. The van der Waals surface area contributed by atoms with Crippen molar-refractivity contribution in [2.45, 2.75) is 13.8 Å². The van der Waals surface area contributed by atoms with Gasteiger partial charge in [-0.3, -0.25) is 9.20 Å². The smallest absolute Gasteiger partial charge is 0.290 e. The highest BCUT2D eigenvalue weighted by Crippen LogP contribution is 2.26. The van der Waals surface area contributed by atoms with Gasteiger partial charge in [-0.05, 0) is 55.3 Å². The lowest BCUT2D eigenvalue weighted by atomic mass is 10.2. The first-order chi connectivity index (χ1) is 12.5. The molecule has 1 aromatic carbocycles. The Morgan fingerprint density at radius 2 is 1.92 bits per heavy atom. The number of nitrogens with one attached hydrogen (secondary N) is 1. The Balaban J connectivity index is 1.79. The number of carbonyl (C=O) groups is 1. The van der Waals surface area contributed by atoms with E-state index in [1.54, 1.807) is 43.9 Å². The van der Waals surface area contributed by atoms with Crippen LogP contribution in [0.5, 0.6) is 11.5 Å². The molecule has 0 radical (unpaired) electrons. The molecule has 3 rings (SSSR count). The number of hydrazone groups is 1. The maximum atomic E-state index is 12.5. The molecule has 0 aliphatic carbocycles. The molecule has 1 N–H and O–H groups in total. The van der Waals surface area contributed by atoms with Gasteiger partial charge in [0.1, 0.15) is 11.3 Å². The lowest BCUT2D eigenvalue weighted by Gasteiger charge is -2.07. The number of carbonyl (C=O) groups excluding carboxylic acids is 1. The monoisotopic (exact) mass is 352 g/mol. The van der Waals surface area contributed by atoms with Crippen molar-refractivity contribution in [1.29, 1.82) is 0 Å². The standard InChI is InChI=1S/C19H20N4O3/c1-12-7-8-23-17(9-12)21-13(2)18(23)19(24)22-20-11-14-5-6-15(25-3)16(10-14)26-4/h5-11H,1-4H3,(H,22,24)/b20-11-. The fourth-order valence-electron chi connectivity index (χ4n) is 2.69. The number of nitrogens with zero attached hydrogens (tertiary/aromatic N) is 3. The third kappa shape index (κ3) is 3.37. The summed E-state index contributed by atoms with van der Waals surface area (Å²) in [5, 5.41) is 4.03. The van der Waals surface area contributed by atoms with Crippen LogP contribution in [0.3, 0.4) is 0 Å². The molecule has 0 spiro atoms. The topological polar surface area (TPSA) is 77.2 Å². The van der Waals surface area contributed by atoms with E-state index in [1.165, 1.54) is 0 Å². The Bertz CT molecular complexity index is 992. The molecule has 1 amide bonds. The SMILES string of the molecule is COc1ccc(/C=N\NC(=O)c2c(C)nc3cc(C)ccn23)cc1OC. The molecule has 26 heavy (non-hydrogen) atoms. The molecule has 0 atom stereocenters. The molecule has 0 saturated heterocycles. The van der Waals surface area contributed by atoms with E-state index in [0.717, 1.165) is 16.8 Å².